The maximum atomic E-state index is 13.0. The third kappa shape index (κ3) is 3.50. The summed E-state index contributed by atoms with van der Waals surface area (Å²) in [6, 6.07) is 15.1. The molecule has 0 aliphatic heterocycles. The highest BCUT2D eigenvalue weighted by Gasteiger charge is 2.14. The molecule has 0 bridgehead atoms. The summed E-state index contributed by atoms with van der Waals surface area (Å²) in [6.45, 7) is 3.10. The minimum atomic E-state index is -0.0419. The maximum Gasteiger partial charge on any atom is 0.261 e. The highest BCUT2D eigenvalue weighted by molar-refractivity contribution is 6.31. The lowest BCUT2D eigenvalue weighted by atomic mass is 10.1. The van der Waals surface area contributed by atoms with E-state index in [4.69, 9.17) is 22.3 Å². The summed E-state index contributed by atoms with van der Waals surface area (Å²) in [5.74, 6) is 0.993. The molecule has 1 atom stereocenters. The van der Waals surface area contributed by atoms with Crippen molar-refractivity contribution in [2.24, 2.45) is 11.7 Å². The first-order valence-electron chi connectivity index (χ1n) is 8.01. The monoisotopic (exact) mass is 341 g/mol. The molecule has 0 radical (unpaired) electrons. The molecule has 0 aliphatic carbocycles. The van der Waals surface area contributed by atoms with Gasteiger partial charge < -0.3 is 5.73 Å². The minimum absolute atomic E-state index is 0.0419. The molecule has 0 amide bonds. The zero-order valence-corrected chi connectivity index (χ0v) is 14.3. The lowest BCUT2D eigenvalue weighted by molar-refractivity contribution is 0.542. The van der Waals surface area contributed by atoms with Crippen LogP contribution in [0.1, 0.15) is 18.3 Å². The van der Waals surface area contributed by atoms with Gasteiger partial charge in [-0.1, -0.05) is 48.9 Å². The number of benzene rings is 2. The molecule has 0 saturated heterocycles. The Hall–Kier alpha value is -2.17. The van der Waals surface area contributed by atoms with Crippen LogP contribution in [0.3, 0.4) is 0 Å². The number of aromatic nitrogens is 2. The van der Waals surface area contributed by atoms with Gasteiger partial charge in [-0.25, -0.2) is 4.98 Å². The molecule has 24 heavy (non-hydrogen) atoms. The van der Waals surface area contributed by atoms with Gasteiger partial charge in [0.1, 0.15) is 5.82 Å². The first-order valence-corrected chi connectivity index (χ1v) is 8.39. The third-order valence-corrected chi connectivity index (χ3v) is 4.35. The zero-order chi connectivity index (χ0) is 17.1. The van der Waals surface area contributed by atoms with Crippen molar-refractivity contribution in [3.63, 3.8) is 0 Å². The van der Waals surface area contributed by atoms with Crippen LogP contribution in [0, 0.1) is 5.92 Å². The smallest absolute Gasteiger partial charge is 0.261 e. The van der Waals surface area contributed by atoms with E-state index in [9.17, 15) is 4.79 Å². The molecule has 0 aliphatic rings. The van der Waals surface area contributed by atoms with Crippen molar-refractivity contribution in [3.05, 3.63) is 75.3 Å². The van der Waals surface area contributed by atoms with E-state index in [-0.39, 0.29) is 11.5 Å². The normalized spacial score (nSPS) is 12.5. The van der Waals surface area contributed by atoms with Crippen LogP contribution >= 0.6 is 11.6 Å². The predicted octanol–water partition coefficient (Wildman–Crippen LogP) is 3.24. The van der Waals surface area contributed by atoms with Crippen molar-refractivity contribution in [1.82, 2.24) is 9.55 Å². The SMILES string of the molecule is C[C@@H](CN)Cc1nc2cc(Cl)ccc2c(=O)n1Cc1ccccc1. The fourth-order valence-electron chi connectivity index (χ4n) is 2.72. The van der Waals surface area contributed by atoms with Crippen LogP contribution in [-0.4, -0.2) is 16.1 Å². The molecule has 1 aromatic heterocycles. The number of rotatable bonds is 5. The second-order valence-corrected chi connectivity index (χ2v) is 6.55. The minimum Gasteiger partial charge on any atom is -0.330 e. The Kier molecular flexibility index (Phi) is 4.97. The molecule has 2 aromatic carbocycles. The van der Waals surface area contributed by atoms with Crippen LogP contribution < -0.4 is 11.3 Å². The second-order valence-electron chi connectivity index (χ2n) is 6.11. The Morgan fingerprint density at radius 1 is 1.21 bits per heavy atom. The van der Waals surface area contributed by atoms with Crippen molar-refractivity contribution >= 4 is 22.5 Å². The molecule has 3 aromatic rings. The molecule has 2 N–H and O–H groups in total. The van der Waals surface area contributed by atoms with E-state index in [2.05, 4.69) is 6.92 Å². The zero-order valence-electron chi connectivity index (χ0n) is 13.6. The van der Waals surface area contributed by atoms with Gasteiger partial charge in [0, 0.05) is 11.4 Å². The standard InChI is InChI=1S/C19H20ClN3O/c1-13(11-21)9-18-22-17-10-15(20)7-8-16(17)19(24)23(18)12-14-5-3-2-4-6-14/h2-8,10,13H,9,11-12,21H2,1H3/t13-/m1/s1. The average Bonchev–Trinajstić information content (AvgIpc) is 2.59. The van der Waals surface area contributed by atoms with E-state index in [0.29, 0.717) is 35.4 Å². The topological polar surface area (TPSA) is 60.9 Å². The summed E-state index contributed by atoms with van der Waals surface area (Å²) in [6.07, 6.45) is 0.654. The largest absolute Gasteiger partial charge is 0.330 e. The highest BCUT2D eigenvalue weighted by Crippen LogP contribution is 2.17. The molecular weight excluding hydrogens is 322 g/mol. The van der Waals surface area contributed by atoms with Crippen molar-refractivity contribution in [3.8, 4) is 0 Å². The van der Waals surface area contributed by atoms with Crippen LogP contribution in [0.25, 0.3) is 10.9 Å². The molecule has 0 saturated carbocycles. The summed E-state index contributed by atoms with van der Waals surface area (Å²) in [7, 11) is 0. The van der Waals surface area contributed by atoms with Crippen molar-refractivity contribution in [2.75, 3.05) is 6.54 Å². The van der Waals surface area contributed by atoms with E-state index in [0.717, 1.165) is 11.4 Å². The lowest BCUT2D eigenvalue weighted by Gasteiger charge is -2.16. The molecule has 124 valence electrons. The van der Waals surface area contributed by atoms with Crippen LogP contribution in [0.5, 0.6) is 0 Å². The molecule has 5 heteroatoms. The number of hydrogen-bond donors (Lipinski definition) is 1. The number of nitrogens with two attached hydrogens (primary N) is 1. The van der Waals surface area contributed by atoms with E-state index in [1.807, 2.05) is 30.3 Å². The molecule has 1 heterocycles. The van der Waals surface area contributed by atoms with Gasteiger partial charge in [0.2, 0.25) is 0 Å². The fraction of sp³-hybridized carbons (Fsp3) is 0.263. The lowest BCUT2D eigenvalue weighted by Crippen LogP contribution is -2.28. The van der Waals surface area contributed by atoms with Gasteiger partial charge in [-0.3, -0.25) is 9.36 Å². The first-order chi connectivity index (χ1) is 11.6. The third-order valence-electron chi connectivity index (χ3n) is 4.11. The summed E-state index contributed by atoms with van der Waals surface area (Å²) in [5.41, 5.74) is 7.42. The van der Waals surface area contributed by atoms with Crippen LogP contribution in [0.15, 0.2) is 53.3 Å². The predicted molar refractivity (Wildman–Crippen MR) is 98.5 cm³/mol. The Balaban J connectivity index is 2.16. The van der Waals surface area contributed by atoms with Crippen molar-refractivity contribution in [1.29, 1.82) is 0 Å². The van der Waals surface area contributed by atoms with Gasteiger partial charge in [0.25, 0.3) is 5.56 Å². The quantitative estimate of drug-likeness (QED) is 0.775. The molecule has 3 rings (SSSR count). The molecular formula is C19H20ClN3O. The van der Waals surface area contributed by atoms with Gasteiger partial charge >= 0.3 is 0 Å². The summed E-state index contributed by atoms with van der Waals surface area (Å²) < 4.78 is 1.75. The molecule has 4 nitrogen and oxygen atoms in total. The Morgan fingerprint density at radius 2 is 1.96 bits per heavy atom. The summed E-state index contributed by atoms with van der Waals surface area (Å²) in [4.78, 5) is 17.7. The fourth-order valence-corrected chi connectivity index (χ4v) is 2.89. The number of halogens is 1. The Bertz CT molecular complexity index is 906. The van der Waals surface area contributed by atoms with Crippen LogP contribution in [0.4, 0.5) is 0 Å². The van der Waals surface area contributed by atoms with E-state index < -0.39 is 0 Å². The molecule has 0 spiro atoms. The van der Waals surface area contributed by atoms with Gasteiger partial charge in [0.15, 0.2) is 0 Å². The van der Waals surface area contributed by atoms with E-state index in [1.165, 1.54) is 0 Å². The Labute approximate surface area is 145 Å². The van der Waals surface area contributed by atoms with Gasteiger partial charge in [-0.05, 0) is 36.2 Å². The average molecular weight is 342 g/mol. The Morgan fingerprint density at radius 3 is 2.67 bits per heavy atom. The number of fused-ring (bicyclic) bond motifs is 1. The van der Waals surface area contributed by atoms with Crippen molar-refractivity contribution < 1.29 is 0 Å². The number of nitrogens with zero attached hydrogens (tertiary/aromatic N) is 2. The maximum absolute atomic E-state index is 13.0. The second kappa shape index (κ2) is 7.16. The van der Waals surface area contributed by atoms with E-state index >= 15 is 0 Å². The first kappa shape index (κ1) is 16.7. The van der Waals surface area contributed by atoms with Crippen LogP contribution in [0.2, 0.25) is 5.02 Å². The van der Waals surface area contributed by atoms with Gasteiger partial charge in [-0.2, -0.15) is 0 Å². The van der Waals surface area contributed by atoms with Gasteiger partial charge in [0.05, 0.1) is 17.4 Å². The van der Waals surface area contributed by atoms with Crippen LogP contribution in [-0.2, 0) is 13.0 Å². The molecule has 0 fully saturated rings. The number of hydrogen-bond acceptors (Lipinski definition) is 3. The highest BCUT2D eigenvalue weighted by atomic mass is 35.5. The molecule has 0 unspecified atom stereocenters. The summed E-state index contributed by atoms with van der Waals surface area (Å²) >= 11 is 6.06. The summed E-state index contributed by atoms with van der Waals surface area (Å²) in [5, 5.41) is 1.16. The van der Waals surface area contributed by atoms with Crippen molar-refractivity contribution in [2.45, 2.75) is 19.9 Å². The van der Waals surface area contributed by atoms with E-state index in [1.54, 1.807) is 22.8 Å². The van der Waals surface area contributed by atoms with Gasteiger partial charge in [-0.15, -0.1) is 0 Å².